The van der Waals surface area contributed by atoms with E-state index in [4.69, 9.17) is 5.26 Å². The lowest BCUT2D eigenvalue weighted by atomic mass is 10.1. The van der Waals surface area contributed by atoms with Crippen molar-refractivity contribution < 1.29 is 8.78 Å². The summed E-state index contributed by atoms with van der Waals surface area (Å²) in [7, 11) is 0. The minimum absolute atomic E-state index is 0.193. The van der Waals surface area contributed by atoms with Crippen LogP contribution in [0.5, 0.6) is 0 Å². The number of rotatable bonds is 5. The molecular weight excluding hydrogens is 336 g/mol. The minimum Gasteiger partial charge on any atom is -0.308 e. The van der Waals surface area contributed by atoms with Gasteiger partial charge in [0.25, 0.3) is 0 Å². The molecule has 1 N–H and O–H groups in total. The molecule has 0 saturated heterocycles. The Bertz CT molecular complexity index is 974. The molecule has 2 atom stereocenters. The Balaban J connectivity index is 1.35. The molecule has 1 fully saturated rings. The Morgan fingerprint density at radius 1 is 1.15 bits per heavy atom. The Hall–Kier alpha value is -3.11. The van der Waals surface area contributed by atoms with E-state index in [1.807, 2.05) is 18.3 Å². The smallest absolute Gasteiger partial charge is 0.159 e. The van der Waals surface area contributed by atoms with Gasteiger partial charge in [-0.15, -0.1) is 5.10 Å². The normalized spacial score (nSPS) is 18.5. The second kappa shape index (κ2) is 6.65. The molecule has 130 valence electrons. The number of benzene rings is 2. The van der Waals surface area contributed by atoms with E-state index >= 15 is 0 Å². The van der Waals surface area contributed by atoms with Crippen LogP contribution < -0.4 is 5.32 Å². The predicted octanol–water partition coefficient (Wildman–Crippen LogP) is 3.06. The number of hydrogen-bond donors (Lipinski definition) is 1. The number of aromatic nitrogens is 3. The lowest BCUT2D eigenvalue weighted by Gasteiger charge is -2.03. The molecule has 1 aliphatic carbocycles. The fourth-order valence-electron chi connectivity index (χ4n) is 2.96. The highest BCUT2D eigenvalue weighted by molar-refractivity contribution is 5.38. The van der Waals surface area contributed by atoms with Gasteiger partial charge in [0, 0.05) is 18.5 Å². The predicted molar refractivity (Wildman–Crippen MR) is 90.4 cm³/mol. The van der Waals surface area contributed by atoms with Crippen molar-refractivity contribution in [3.05, 3.63) is 77.1 Å². The van der Waals surface area contributed by atoms with Gasteiger partial charge in [0.2, 0.25) is 0 Å². The first-order valence-electron chi connectivity index (χ1n) is 8.24. The van der Waals surface area contributed by atoms with Crippen molar-refractivity contribution in [1.82, 2.24) is 20.3 Å². The lowest BCUT2D eigenvalue weighted by Crippen LogP contribution is -2.17. The molecule has 0 amide bonds. The van der Waals surface area contributed by atoms with Gasteiger partial charge in [-0.25, -0.2) is 13.5 Å². The molecule has 1 aliphatic rings. The molecule has 0 bridgehead atoms. The van der Waals surface area contributed by atoms with Crippen molar-refractivity contribution in [3.8, 4) is 11.8 Å². The standard InChI is InChI=1S/C19H15F2N5/c20-17-6-3-13(7-18(17)21)16-8-19(16)23-10-14-11-26(25-24-14)15-4-1-12(9-22)2-5-15/h1-7,11,16,19,23H,8,10H2/t16-,19+/m0/s1. The summed E-state index contributed by atoms with van der Waals surface area (Å²) in [5.41, 5.74) is 3.01. The highest BCUT2D eigenvalue weighted by atomic mass is 19.2. The number of nitriles is 1. The van der Waals surface area contributed by atoms with Gasteiger partial charge in [0.05, 0.1) is 29.2 Å². The fourth-order valence-corrected chi connectivity index (χ4v) is 2.96. The molecule has 1 heterocycles. The molecule has 1 aromatic heterocycles. The molecule has 0 spiro atoms. The van der Waals surface area contributed by atoms with Crippen LogP contribution in [0.3, 0.4) is 0 Å². The maximum Gasteiger partial charge on any atom is 0.159 e. The molecule has 4 rings (SSSR count). The Morgan fingerprint density at radius 3 is 2.69 bits per heavy atom. The van der Waals surface area contributed by atoms with Crippen molar-refractivity contribution >= 4 is 0 Å². The largest absolute Gasteiger partial charge is 0.308 e. The molecule has 3 aromatic rings. The first kappa shape index (κ1) is 16.4. The third-order valence-corrected chi connectivity index (χ3v) is 4.51. The molecular formula is C19H15F2N5. The summed E-state index contributed by atoms with van der Waals surface area (Å²) in [6.45, 7) is 0.543. The van der Waals surface area contributed by atoms with Crippen LogP contribution in [0, 0.1) is 23.0 Å². The van der Waals surface area contributed by atoms with Crippen molar-refractivity contribution in [3.63, 3.8) is 0 Å². The third kappa shape index (κ3) is 3.32. The van der Waals surface area contributed by atoms with E-state index in [1.165, 1.54) is 12.1 Å². The van der Waals surface area contributed by atoms with Crippen LogP contribution in [0.2, 0.25) is 0 Å². The zero-order valence-electron chi connectivity index (χ0n) is 13.7. The molecule has 7 heteroatoms. The van der Waals surface area contributed by atoms with Gasteiger partial charge in [-0.1, -0.05) is 11.3 Å². The summed E-state index contributed by atoms with van der Waals surface area (Å²) in [4.78, 5) is 0. The van der Waals surface area contributed by atoms with Crippen LogP contribution in [0.1, 0.15) is 29.2 Å². The van der Waals surface area contributed by atoms with Gasteiger partial charge in [0.15, 0.2) is 11.6 Å². The van der Waals surface area contributed by atoms with E-state index in [1.54, 1.807) is 22.9 Å². The number of nitrogens with one attached hydrogen (secondary N) is 1. The maximum atomic E-state index is 13.3. The zero-order chi connectivity index (χ0) is 18.1. The summed E-state index contributed by atoms with van der Waals surface area (Å²) in [5.74, 6) is -1.43. The van der Waals surface area contributed by atoms with Gasteiger partial charge >= 0.3 is 0 Å². The van der Waals surface area contributed by atoms with Crippen LogP contribution in [-0.4, -0.2) is 21.0 Å². The summed E-state index contributed by atoms with van der Waals surface area (Å²) >= 11 is 0. The van der Waals surface area contributed by atoms with Gasteiger partial charge in [-0.2, -0.15) is 5.26 Å². The minimum atomic E-state index is -0.821. The van der Waals surface area contributed by atoms with Crippen LogP contribution in [0.25, 0.3) is 5.69 Å². The van der Waals surface area contributed by atoms with Gasteiger partial charge in [-0.05, 0) is 48.4 Å². The quantitative estimate of drug-likeness (QED) is 0.767. The molecule has 0 aliphatic heterocycles. The van der Waals surface area contributed by atoms with E-state index in [0.717, 1.165) is 23.4 Å². The van der Waals surface area contributed by atoms with Gasteiger partial charge < -0.3 is 5.32 Å². The Labute approximate surface area is 148 Å². The van der Waals surface area contributed by atoms with Crippen molar-refractivity contribution in [2.24, 2.45) is 0 Å². The average molecular weight is 351 g/mol. The molecule has 1 saturated carbocycles. The SMILES string of the molecule is N#Cc1ccc(-n2cc(CN[C@@H]3C[C@H]3c3ccc(F)c(F)c3)nn2)cc1. The molecule has 0 unspecified atom stereocenters. The van der Waals surface area contributed by atoms with Crippen molar-refractivity contribution in [1.29, 1.82) is 5.26 Å². The zero-order valence-corrected chi connectivity index (χ0v) is 13.7. The number of halogens is 2. The first-order chi connectivity index (χ1) is 12.6. The second-order valence-corrected chi connectivity index (χ2v) is 6.32. The first-order valence-corrected chi connectivity index (χ1v) is 8.24. The molecule has 26 heavy (non-hydrogen) atoms. The Morgan fingerprint density at radius 2 is 1.96 bits per heavy atom. The highest BCUT2D eigenvalue weighted by Crippen LogP contribution is 2.41. The van der Waals surface area contributed by atoms with E-state index < -0.39 is 11.6 Å². The monoisotopic (exact) mass is 351 g/mol. The summed E-state index contributed by atoms with van der Waals surface area (Å²) in [6.07, 6.45) is 2.71. The van der Waals surface area contributed by atoms with E-state index in [2.05, 4.69) is 21.7 Å². The number of hydrogen-bond acceptors (Lipinski definition) is 4. The summed E-state index contributed by atoms with van der Waals surface area (Å²) < 4.78 is 28.0. The van der Waals surface area contributed by atoms with E-state index in [9.17, 15) is 8.78 Å². The van der Waals surface area contributed by atoms with Crippen molar-refractivity contribution in [2.75, 3.05) is 0 Å². The molecule has 2 aromatic carbocycles. The van der Waals surface area contributed by atoms with Gasteiger partial charge in [-0.3, -0.25) is 0 Å². The van der Waals surface area contributed by atoms with Crippen LogP contribution in [0.15, 0.2) is 48.7 Å². The Kier molecular flexibility index (Phi) is 4.19. The van der Waals surface area contributed by atoms with Crippen molar-refractivity contribution in [2.45, 2.75) is 24.9 Å². The summed E-state index contributed by atoms with van der Waals surface area (Å²) in [6, 6.07) is 13.4. The third-order valence-electron chi connectivity index (χ3n) is 4.51. The average Bonchev–Trinajstić information content (AvgIpc) is 3.29. The highest BCUT2D eigenvalue weighted by Gasteiger charge is 2.38. The van der Waals surface area contributed by atoms with Gasteiger partial charge in [0.1, 0.15) is 0 Å². The van der Waals surface area contributed by atoms with Crippen LogP contribution >= 0.6 is 0 Å². The maximum absolute atomic E-state index is 13.3. The van der Waals surface area contributed by atoms with Crippen LogP contribution in [-0.2, 0) is 6.54 Å². The van der Waals surface area contributed by atoms with Crippen LogP contribution in [0.4, 0.5) is 8.78 Å². The summed E-state index contributed by atoms with van der Waals surface area (Å²) in [5, 5.41) is 20.4. The van der Waals surface area contributed by atoms with E-state index in [0.29, 0.717) is 12.1 Å². The topological polar surface area (TPSA) is 66.5 Å². The van der Waals surface area contributed by atoms with E-state index in [-0.39, 0.29) is 12.0 Å². The molecule has 5 nitrogen and oxygen atoms in total. The second-order valence-electron chi connectivity index (χ2n) is 6.32. The lowest BCUT2D eigenvalue weighted by molar-refractivity contribution is 0.506. The fraction of sp³-hybridized carbons (Fsp3) is 0.211. The number of nitrogens with zero attached hydrogens (tertiary/aromatic N) is 4. The molecule has 0 radical (unpaired) electrons.